The molecule has 1 atom stereocenters. The lowest BCUT2D eigenvalue weighted by Crippen LogP contribution is -2.28. The van der Waals surface area contributed by atoms with Crippen LogP contribution in [0.2, 0.25) is 0 Å². The molecule has 2 amide bonds. The van der Waals surface area contributed by atoms with E-state index < -0.39 is 12.0 Å². The van der Waals surface area contributed by atoms with Crippen molar-refractivity contribution >= 4 is 46.7 Å². The Morgan fingerprint density at radius 1 is 1.31 bits per heavy atom. The number of carbonyl (C=O) groups excluding carboxylic acids is 2. The Hall–Kier alpha value is -2.40. The number of hydrogen-bond acceptors (Lipinski definition) is 8. The monoisotopic (exact) mass is 398 g/mol. The summed E-state index contributed by atoms with van der Waals surface area (Å²) in [6.07, 6.45) is 0. The van der Waals surface area contributed by atoms with Crippen LogP contribution < -0.4 is 10.6 Å². The van der Waals surface area contributed by atoms with Gasteiger partial charge in [-0.3, -0.25) is 9.59 Å². The maximum absolute atomic E-state index is 12.0. The van der Waals surface area contributed by atoms with Crippen molar-refractivity contribution in [1.29, 1.82) is 0 Å². The van der Waals surface area contributed by atoms with Crippen LogP contribution in [0.3, 0.4) is 0 Å². The Kier molecular flexibility index (Phi) is 6.75. The molecule has 0 fully saturated rings. The summed E-state index contributed by atoms with van der Waals surface area (Å²) >= 11 is 2.19. The zero-order valence-corrected chi connectivity index (χ0v) is 16.0. The molecule has 26 heavy (non-hydrogen) atoms. The number of hydrogen-bond donors (Lipinski definition) is 3. The minimum atomic E-state index is -1.03. The first kappa shape index (κ1) is 19.9. The molecule has 9 nitrogen and oxygen atoms in total. The number of amides is 2. The van der Waals surface area contributed by atoms with Crippen molar-refractivity contribution in [3.63, 3.8) is 0 Å². The fraction of sp³-hybridized carbons (Fsp3) is 0.400. The van der Waals surface area contributed by atoms with Crippen molar-refractivity contribution in [1.82, 2.24) is 15.5 Å². The highest BCUT2D eigenvalue weighted by atomic mass is 32.2. The van der Waals surface area contributed by atoms with E-state index in [2.05, 4.69) is 20.8 Å². The minimum Gasteiger partial charge on any atom is -0.477 e. The lowest BCUT2D eigenvalue weighted by atomic mass is 10.3. The first-order valence-electron chi connectivity index (χ1n) is 7.57. The Bertz CT molecular complexity index is 817. The molecule has 2 aromatic heterocycles. The third-order valence-electron chi connectivity index (χ3n) is 3.12. The van der Waals surface area contributed by atoms with E-state index in [0.717, 1.165) is 23.1 Å². The van der Waals surface area contributed by atoms with E-state index in [1.54, 1.807) is 26.8 Å². The van der Waals surface area contributed by atoms with Gasteiger partial charge in [0.1, 0.15) is 15.6 Å². The van der Waals surface area contributed by atoms with Crippen LogP contribution in [0.1, 0.15) is 39.1 Å². The summed E-state index contributed by atoms with van der Waals surface area (Å²) in [6.45, 7) is 5.06. The second kappa shape index (κ2) is 8.81. The van der Waals surface area contributed by atoms with Crippen LogP contribution in [0.5, 0.6) is 0 Å². The van der Waals surface area contributed by atoms with Gasteiger partial charge in [0, 0.05) is 6.07 Å². The lowest BCUT2D eigenvalue weighted by molar-refractivity contribution is -0.119. The number of thioether (sulfide) groups is 1. The average molecular weight is 398 g/mol. The Labute approximate surface area is 157 Å². The molecule has 11 heteroatoms. The Morgan fingerprint density at radius 2 is 2.00 bits per heavy atom. The summed E-state index contributed by atoms with van der Waals surface area (Å²) in [7, 11) is 0. The zero-order chi connectivity index (χ0) is 19.3. The molecule has 2 rings (SSSR count). The summed E-state index contributed by atoms with van der Waals surface area (Å²) in [5.41, 5.74) is 0.424. The maximum Gasteiger partial charge on any atom is 0.347 e. The van der Waals surface area contributed by atoms with Crippen molar-refractivity contribution in [2.24, 2.45) is 0 Å². The van der Waals surface area contributed by atoms with E-state index in [4.69, 9.17) is 9.63 Å². The molecule has 3 N–H and O–H groups in total. The molecular weight excluding hydrogens is 380 g/mol. The van der Waals surface area contributed by atoms with E-state index in [1.165, 1.54) is 0 Å². The molecule has 1 unspecified atom stereocenters. The molecule has 2 aromatic rings. The molecule has 0 aliphatic rings. The SMILES string of the molecule is Cc1cc(NC(=O)CSCC(=O)NC(C)c2nc(C)c(C(=O)O)s2)no1. The van der Waals surface area contributed by atoms with E-state index in [0.29, 0.717) is 22.3 Å². The van der Waals surface area contributed by atoms with Crippen LogP contribution in [0, 0.1) is 13.8 Å². The van der Waals surface area contributed by atoms with Gasteiger partial charge in [-0.05, 0) is 20.8 Å². The summed E-state index contributed by atoms with van der Waals surface area (Å²) in [6, 6.07) is 1.19. The first-order chi connectivity index (χ1) is 12.3. The van der Waals surface area contributed by atoms with Crippen molar-refractivity contribution < 1.29 is 24.0 Å². The van der Waals surface area contributed by atoms with Crippen LogP contribution in [0.4, 0.5) is 5.82 Å². The average Bonchev–Trinajstić information content (AvgIpc) is 3.13. The number of nitrogens with one attached hydrogen (secondary N) is 2. The predicted molar refractivity (Wildman–Crippen MR) is 97.6 cm³/mol. The number of carboxylic acid groups (broad SMARTS) is 1. The molecule has 0 spiro atoms. The van der Waals surface area contributed by atoms with Gasteiger partial charge in [0.25, 0.3) is 0 Å². The van der Waals surface area contributed by atoms with Crippen molar-refractivity contribution in [2.75, 3.05) is 16.8 Å². The van der Waals surface area contributed by atoms with E-state index in [-0.39, 0.29) is 28.2 Å². The van der Waals surface area contributed by atoms with Gasteiger partial charge in [0.2, 0.25) is 11.8 Å². The molecule has 0 saturated carbocycles. The summed E-state index contributed by atoms with van der Waals surface area (Å²) in [5, 5.41) is 18.5. The molecule has 0 aliphatic carbocycles. The standard InChI is InChI=1S/C15H18N4O5S2/c1-7-4-10(19-24-7)18-12(21)6-25-5-11(20)16-9(3)14-17-8(2)13(26-14)15(22)23/h4,9H,5-6H2,1-3H3,(H,16,20)(H,22,23)(H,18,19,21). The minimum absolute atomic E-state index is 0.0890. The van der Waals surface area contributed by atoms with Crippen molar-refractivity contribution in [2.45, 2.75) is 26.8 Å². The van der Waals surface area contributed by atoms with Crippen LogP contribution >= 0.6 is 23.1 Å². The first-order valence-corrected chi connectivity index (χ1v) is 9.54. The number of aromatic carboxylic acids is 1. The van der Waals surface area contributed by atoms with Gasteiger partial charge < -0.3 is 20.3 Å². The Morgan fingerprint density at radius 3 is 2.58 bits per heavy atom. The topological polar surface area (TPSA) is 134 Å². The highest BCUT2D eigenvalue weighted by molar-refractivity contribution is 8.00. The van der Waals surface area contributed by atoms with Gasteiger partial charge in [-0.15, -0.1) is 23.1 Å². The number of carbonyl (C=O) groups is 3. The highest BCUT2D eigenvalue weighted by Crippen LogP contribution is 2.23. The second-order valence-electron chi connectivity index (χ2n) is 5.42. The summed E-state index contributed by atoms with van der Waals surface area (Å²) in [4.78, 5) is 39.1. The largest absolute Gasteiger partial charge is 0.477 e. The fourth-order valence-corrected chi connectivity index (χ4v) is 3.52. The normalized spacial score (nSPS) is 11.8. The molecule has 140 valence electrons. The van der Waals surface area contributed by atoms with Crippen molar-refractivity contribution in [3.8, 4) is 0 Å². The van der Waals surface area contributed by atoms with Gasteiger partial charge in [-0.25, -0.2) is 9.78 Å². The number of nitrogens with zero attached hydrogens (tertiary/aromatic N) is 2. The van der Waals surface area contributed by atoms with Crippen LogP contribution in [-0.2, 0) is 9.59 Å². The van der Waals surface area contributed by atoms with E-state index in [1.807, 2.05) is 0 Å². The van der Waals surface area contributed by atoms with Crippen LogP contribution in [0.25, 0.3) is 0 Å². The smallest absolute Gasteiger partial charge is 0.347 e. The number of aryl methyl sites for hydroxylation is 2. The predicted octanol–water partition coefficient (Wildman–Crippen LogP) is 2.00. The molecule has 0 radical (unpaired) electrons. The van der Waals surface area contributed by atoms with Gasteiger partial charge in [-0.1, -0.05) is 5.16 Å². The number of thiazole rings is 1. The fourth-order valence-electron chi connectivity index (χ4n) is 1.99. The van der Waals surface area contributed by atoms with Crippen LogP contribution in [-0.4, -0.2) is 44.5 Å². The zero-order valence-electron chi connectivity index (χ0n) is 14.4. The molecule has 0 bridgehead atoms. The maximum atomic E-state index is 12.0. The van der Waals surface area contributed by atoms with Gasteiger partial charge in [-0.2, -0.15) is 0 Å². The second-order valence-corrected chi connectivity index (χ2v) is 7.44. The molecular formula is C15H18N4O5S2. The highest BCUT2D eigenvalue weighted by Gasteiger charge is 2.19. The number of rotatable bonds is 8. The van der Waals surface area contributed by atoms with Gasteiger partial charge >= 0.3 is 5.97 Å². The molecule has 0 aromatic carbocycles. The summed E-state index contributed by atoms with van der Waals surface area (Å²) in [5.74, 6) is -0.486. The number of aromatic nitrogens is 2. The van der Waals surface area contributed by atoms with Crippen LogP contribution in [0.15, 0.2) is 10.6 Å². The summed E-state index contributed by atoms with van der Waals surface area (Å²) < 4.78 is 4.84. The molecule has 2 heterocycles. The Balaban J connectivity index is 1.75. The van der Waals surface area contributed by atoms with Gasteiger partial charge in [0.05, 0.1) is 23.2 Å². The number of anilines is 1. The molecule has 0 saturated heterocycles. The quantitative estimate of drug-likeness (QED) is 0.614. The van der Waals surface area contributed by atoms with E-state index >= 15 is 0 Å². The van der Waals surface area contributed by atoms with Crippen molar-refractivity contribution in [3.05, 3.63) is 27.4 Å². The number of carboxylic acids is 1. The lowest BCUT2D eigenvalue weighted by Gasteiger charge is -2.10. The van der Waals surface area contributed by atoms with Gasteiger partial charge in [0.15, 0.2) is 5.82 Å². The van der Waals surface area contributed by atoms with E-state index in [9.17, 15) is 14.4 Å². The third kappa shape index (κ3) is 5.56. The third-order valence-corrected chi connectivity index (χ3v) is 5.38. The molecule has 0 aliphatic heterocycles.